The first-order chi connectivity index (χ1) is 12.5. The van der Waals surface area contributed by atoms with Gasteiger partial charge < -0.3 is 9.88 Å². The van der Waals surface area contributed by atoms with Crippen LogP contribution >= 0.6 is 23.4 Å². The van der Waals surface area contributed by atoms with E-state index in [0.717, 1.165) is 27.7 Å². The third-order valence-electron chi connectivity index (χ3n) is 4.12. The molecule has 6 heteroatoms. The fraction of sp³-hybridized carbons (Fsp3) is 0.200. The van der Waals surface area contributed by atoms with E-state index in [2.05, 4.69) is 10.3 Å². The van der Waals surface area contributed by atoms with Crippen molar-refractivity contribution in [1.82, 2.24) is 9.55 Å². The van der Waals surface area contributed by atoms with Crippen LogP contribution in [0.1, 0.15) is 12.5 Å². The molecular formula is C20H20ClN3OS. The molecule has 3 rings (SSSR count). The highest BCUT2D eigenvalue weighted by atomic mass is 35.5. The number of anilines is 1. The number of amides is 1. The Labute approximate surface area is 162 Å². The summed E-state index contributed by atoms with van der Waals surface area (Å²) in [5, 5.41) is 4.05. The Morgan fingerprint density at radius 1 is 1.23 bits per heavy atom. The van der Waals surface area contributed by atoms with E-state index in [9.17, 15) is 4.79 Å². The molecular weight excluding hydrogens is 366 g/mol. The van der Waals surface area contributed by atoms with Gasteiger partial charge in [-0.3, -0.25) is 4.79 Å². The lowest BCUT2D eigenvalue weighted by Gasteiger charge is -2.14. The molecule has 1 unspecified atom stereocenters. The van der Waals surface area contributed by atoms with E-state index in [0.29, 0.717) is 5.02 Å². The van der Waals surface area contributed by atoms with Gasteiger partial charge in [0.05, 0.1) is 17.1 Å². The number of benzene rings is 2. The van der Waals surface area contributed by atoms with Crippen LogP contribution in [0.3, 0.4) is 0 Å². The fourth-order valence-corrected chi connectivity index (χ4v) is 3.58. The molecule has 2 aromatic carbocycles. The molecule has 0 spiro atoms. The zero-order valence-electron chi connectivity index (χ0n) is 14.9. The molecule has 1 atom stereocenters. The minimum Gasteiger partial charge on any atom is -0.325 e. The smallest absolute Gasteiger partial charge is 0.237 e. The van der Waals surface area contributed by atoms with E-state index in [4.69, 9.17) is 11.6 Å². The van der Waals surface area contributed by atoms with Gasteiger partial charge in [-0.2, -0.15) is 0 Å². The standard InChI is InChI=1S/C20H20ClN3OS/c1-13-9-10-16(21)11-17(13)23-19(25)14(2)26-20-22-12-18(24(20)3)15-7-5-4-6-8-15/h4-12,14H,1-3H3,(H,23,25). The zero-order chi connectivity index (χ0) is 18.7. The first-order valence-electron chi connectivity index (χ1n) is 8.26. The van der Waals surface area contributed by atoms with Crippen molar-refractivity contribution in [3.05, 3.63) is 65.3 Å². The third kappa shape index (κ3) is 4.11. The van der Waals surface area contributed by atoms with E-state index in [-0.39, 0.29) is 11.2 Å². The number of rotatable bonds is 5. The van der Waals surface area contributed by atoms with Crippen molar-refractivity contribution < 1.29 is 4.79 Å². The average molecular weight is 386 g/mol. The Morgan fingerprint density at radius 3 is 2.69 bits per heavy atom. The van der Waals surface area contributed by atoms with Gasteiger partial charge in [0.25, 0.3) is 0 Å². The Balaban J connectivity index is 1.72. The molecule has 0 fully saturated rings. The summed E-state index contributed by atoms with van der Waals surface area (Å²) in [7, 11) is 1.96. The lowest BCUT2D eigenvalue weighted by molar-refractivity contribution is -0.115. The summed E-state index contributed by atoms with van der Waals surface area (Å²) < 4.78 is 2.01. The number of imidazole rings is 1. The van der Waals surface area contributed by atoms with Gasteiger partial charge in [-0.15, -0.1) is 0 Å². The predicted octanol–water partition coefficient (Wildman–Crippen LogP) is 5.17. The van der Waals surface area contributed by atoms with Crippen molar-refractivity contribution in [2.24, 2.45) is 7.05 Å². The van der Waals surface area contributed by atoms with Crippen molar-refractivity contribution in [2.75, 3.05) is 5.32 Å². The predicted molar refractivity (Wildman–Crippen MR) is 109 cm³/mol. The van der Waals surface area contributed by atoms with Crippen molar-refractivity contribution in [1.29, 1.82) is 0 Å². The van der Waals surface area contributed by atoms with Crippen molar-refractivity contribution >= 4 is 35.0 Å². The first kappa shape index (κ1) is 18.5. The van der Waals surface area contributed by atoms with Crippen LogP contribution in [0.2, 0.25) is 5.02 Å². The van der Waals surface area contributed by atoms with Gasteiger partial charge in [-0.05, 0) is 37.1 Å². The Hall–Kier alpha value is -2.24. The molecule has 0 saturated heterocycles. The molecule has 0 aliphatic rings. The number of hydrogen-bond acceptors (Lipinski definition) is 3. The number of halogens is 1. The average Bonchev–Trinajstić information content (AvgIpc) is 2.99. The summed E-state index contributed by atoms with van der Waals surface area (Å²) in [6.45, 7) is 3.81. The number of nitrogens with one attached hydrogen (secondary N) is 1. The van der Waals surface area contributed by atoms with Crippen LogP contribution in [-0.2, 0) is 11.8 Å². The normalized spacial score (nSPS) is 12.0. The van der Waals surface area contributed by atoms with Crippen LogP contribution < -0.4 is 5.32 Å². The number of aryl methyl sites for hydroxylation is 1. The number of thioether (sulfide) groups is 1. The molecule has 1 aromatic heterocycles. The highest BCUT2D eigenvalue weighted by Gasteiger charge is 2.19. The minimum atomic E-state index is -0.293. The lowest BCUT2D eigenvalue weighted by atomic mass is 10.2. The molecule has 0 aliphatic carbocycles. The summed E-state index contributed by atoms with van der Waals surface area (Å²) in [5.74, 6) is -0.0790. The van der Waals surface area contributed by atoms with Crippen LogP contribution in [0.15, 0.2) is 59.9 Å². The molecule has 0 saturated carbocycles. The maximum Gasteiger partial charge on any atom is 0.237 e. The Morgan fingerprint density at radius 2 is 1.96 bits per heavy atom. The van der Waals surface area contributed by atoms with Crippen LogP contribution in [0.4, 0.5) is 5.69 Å². The summed E-state index contributed by atoms with van der Waals surface area (Å²) in [4.78, 5) is 17.0. The molecule has 3 aromatic rings. The second kappa shape index (κ2) is 7.98. The van der Waals surface area contributed by atoms with Gasteiger partial charge >= 0.3 is 0 Å². The zero-order valence-corrected chi connectivity index (χ0v) is 16.4. The molecule has 0 aliphatic heterocycles. The fourth-order valence-electron chi connectivity index (χ4n) is 2.55. The van der Waals surface area contributed by atoms with Crippen molar-refractivity contribution in [3.63, 3.8) is 0 Å². The SMILES string of the molecule is Cc1ccc(Cl)cc1NC(=O)C(C)Sc1ncc(-c2ccccc2)n1C. The van der Waals surface area contributed by atoms with Crippen LogP contribution in [0.5, 0.6) is 0 Å². The second-order valence-electron chi connectivity index (χ2n) is 6.06. The van der Waals surface area contributed by atoms with Gasteiger partial charge in [-0.25, -0.2) is 4.98 Å². The number of carbonyl (C=O) groups is 1. The first-order valence-corrected chi connectivity index (χ1v) is 9.52. The molecule has 1 heterocycles. The summed E-state index contributed by atoms with van der Waals surface area (Å²) in [6.07, 6.45) is 1.84. The van der Waals surface area contributed by atoms with Crippen molar-refractivity contribution in [2.45, 2.75) is 24.3 Å². The number of hydrogen-bond donors (Lipinski definition) is 1. The molecule has 4 nitrogen and oxygen atoms in total. The minimum absolute atomic E-state index is 0.0790. The molecule has 134 valence electrons. The van der Waals surface area contributed by atoms with Gasteiger partial charge in [0.1, 0.15) is 0 Å². The maximum absolute atomic E-state index is 12.6. The highest BCUT2D eigenvalue weighted by Crippen LogP contribution is 2.28. The second-order valence-corrected chi connectivity index (χ2v) is 7.80. The van der Waals surface area contributed by atoms with Gasteiger partial charge in [0.15, 0.2) is 5.16 Å². The molecule has 26 heavy (non-hydrogen) atoms. The maximum atomic E-state index is 12.6. The van der Waals surface area contributed by atoms with Crippen LogP contribution in [0.25, 0.3) is 11.3 Å². The van der Waals surface area contributed by atoms with E-state index in [1.165, 1.54) is 11.8 Å². The molecule has 0 bridgehead atoms. The summed E-state index contributed by atoms with van der Waals surface area (Å²) in [5.41, 5.74) is 3.83. The molecule has 0 radical (unpaired) electrons. The van der Waals surface area contributed by atoms with Gasteiger partial charge in [-0.1, -0.05) is 59.8 Å². The van der Waals surface area contributed by atoms with E-state index in [1.807, 2.05) is 74.1 Å². The lowest BCUT2D eigenvalue weighted by Crippen LogP contribution is -2.23. The monoisotopic (exact) mass is 385 g/mol. The summed E-state index contributed by atoms with van der Waals surface area (Å²) >= 11 is 7.45. The van der Waals surface area contributed by atoms with Crippen LogP contribution in [0, 0.1) is 6.92 Å². The largest absolute Gasteiger partial charge is 0.325 e. The number of nitrogens with zero attached hydrogens (tertiary/aromatic N) is 2. The summed E-state index contributed by atoms with van der Waals surface area (Å²) in [6, 6.07) is 15.5. The Bertz CT molecular complexity index is 924. The number of carbonyl (C=O) groups excluding carboxylic acids is 1. The van der Waals surface area contributed by atoms with E-state index < -0.39 is 0 Å². The molecule has 1 amide bonds. The van der Waals surface area contributed by atoms with E-state index >= 15 is 0 Å². The third-order valence-corrected chi connectivity index (χ3v) is 5.52. The van der Waals surface area contributed by atoms with Crippen molar-refractivity contribution in [3.8, 4) is 11.3 Å². The quantitative estimate of drug-likeness (QED) is 0.616. The number of aromatic nitrogens is 2. The molecule has 1 N–H and O–H groups in total. The van der Waals surface area contributed by atoms with Gasteiger partial charge in [0.2, 0.25) is 5.91 Å². The topological polar surface area (TPSA) is 46.9 Å². The van der Waals surface area contributed by atoms with Gasteiger partial charge in [0, 0.05) is 17.8 Å². The Kier molecular flexibility index (Phi) is 5.69. The van der Waals surface area contributed by atoms with Crippen LogP contribution in [-0.4, -0.2) is 20.7 Å². The van der Waals surface area contributed by atoms with E-state index in [1.54, 1.807) is 6.07 Å². The highest BCUT2D eigenvalue weighted by molar-refractivity contribution is 8.00.